The smallest absolute Gasteiger partial charge is 0.0932 e. The second-order valence-corrected chi connectivity index (χ2v) is 6.13. The summed E-state index contributed by atoms with van der Waals surface area (Å²) in [5.41, 5.74) is 2.10. The standard InChI is InChI=1S/C15H13ClN2S/c1-10(14-6-7-15(16)19-14)18-13-8-9-17-12-5-3-2-4-11(12)13/h2-10H,1H3,(H,17,18). The third kappa shape index (κ3) is 2.57. The number of rotatable bonds is 3. The maximum Gasteiger partial charge on any atom is 0.0932 e. The molecule has 1 atom stereocenters. The van der Waals surface area contributed by atoms with E-state index in [-0.39, 0.29) is 6.04 Å². The van der Waals surface area contributed by atoms with E-state index < -0.39 is 0 Å². The zero-order valence-corrected chi connectivity index (χ0v) is 12.0. The van der Waals surface area contributed by atoms with E-state index in [0.717, 1.165) is 20.9 Å². The number of anilines is 1. The Morgan fingerprint density at radius 3 is 2.79 bits per heavy atom. The molecule has 0 fully saturated rings. The van der Waals surface area contributed by atoms with Gasteiger partial charge in [-0.15, -0.1) is 11.3 Å². The number of hydrogen-bond acceptors (Lipinski definition) is 3. The average molecular weight is 289 g/mol. The molecule has 3 rings (SSSR count). The van der Waals surface area contributed by atoms with Gasteiger partial charge in [-0.05, 0) is 31.2 Å². The highest BCUT2D eigenvalue weighted by atomic mass is 35.5. The van der Waals surface area contributed by atoms with Gasteiger partial charge >= 0.3 is 0 Å². The van der Waals surface area contributed by atoms with Gasteiger partial charge in [-0.2, -0.15) is 0 Å². The molecular formula is C15H13ClN2S. The van der Waals surface area contributed by atoms with Crippen molar-refractivity contribution in [3.8, 4) is 0 Å². The molecule has 0 aliphatic heterocycles. The number of thiophene rings is 1. The van der Waals surface area contributed by atoms with Crippen LogP contribution in [0.2, 0.25) is 4.34 Å². The molecule has 0 spiro atoms. The summed E-state index contributed by atoms with van der Waals surface area (Å²) >= 11 is 7.59. The molecule has 19 heavy (non-hydrogen) atoms. The number of fused-ring (bicyclic) bond motifs is 1. The first-order valence-electron chi connectivity index (χ1n) is 6.09. The van der Waals surface area contributed by atoms with E-state index in [0.29, 0.717) is 0 Å². The average Bonchev–Trinajstić information content (AvgIpc) is 2.86. The van der Waals surface area contributed by atoms with Gasteiger partial charge in [0.2, 0.25) is 0 Å². The second-order valence-electron chi connectivity index (χ2n) is 4.38. The maximum atomic E-state index is 5.98. The fraction of sp³-hybridized carbons (Fsp3) is 0.133. The molecule has 1 aromatic carbocycles. The summed E-state index contributed by atoms with van der Waals surface area (Å²) < 4.78 is 0.822. The molecule has 3 aromatic rings. The maximum absolute atomic E-state index is 5.98. The summed E-state index contributed by atoms with van der Waals surface area (Å²) in [7, 11) is 0. The number of pyridine rings is 1. The fourth-order valence-corrected chi connectivity index (χ4v) is 3.15. The van der Waals surface area contributed by atoms with E-state index in [9.17, 15) is 0 Å². The van der Waals surface area contributed by atoms with Crippen LogP contribution in [-0.4, -0.2) is 4.98 Å². The van der Waals surface area contributed by atoms with Gasteiger partial charge < -0.3 is 5.32 Å². The van der Waals surface area contributed by atoms with Gasteiger partial charge in [0.1, 0.15) is 0 Å². The van der Waals surface area contributed by atoms with Crippen molar-refractivity contribution < 1.29 is 0 Å². The molecule has 0 bridgehead atoms. The molecule has 2 aromatic heterocycles. The Kier molecular flexibility index (Phi) is 3.40. The first-order valence-corrected chi connectivity index (χ1v) is 7.29. The van der Waals surface area contributed by atoms with Crippen LogP contribution in [0.5, 0.6) is 0 Å². The van der Waals surface area contributed by atoms with E-state index in [1.807, 2.05) is 36.5 Å². The molecule has 0 amide bonds. The van der Waals surface area contributed by atoms with Crippen LogP contribution in [0, 0.1) is 0 Å². The van der Waals surface area contributed by atoms with E-state index in [1.54, 1.807) is 11.3 Å². The van der Waals surface area contributed by atoms with Crippen LogP contribution >= 0.6 is 22.9 Å². The minimum Gasteiger partial charge on any atom is -0.377 e. The molecule has 0 aliphatic carbocycles. The van der Waals surface area contributed by atoms with Crippen molar-refractivity contribution in [2.45, 2.75) is 13.0 Å². The van der Waals surface area contributed by atoms with Gasteiger partial charge in [-0.25, -0.2) is 0 Å². The quantitative estimate of drug-likeness (QED) is 0.723. The lowest BCUT2D eigenvalue weighted by molar-refractivity contribution is 0.910. The van der Waals surface area contributed by atoms with Crippen molar-refractivity contribution in [3.05, 3.63) is 57.9 Å². The Bertz CT molecular complexity index is 703. The number of nitrogens with one attached hydrogen (secondary N) is 1. The normalized spacial score (nSPS) is 12.5. The number of para-hydroxylation sites is 1. The van der Waals surface area contributed by atoms with Crippen LogP contribution in [0.3, 0.4) is 0 Å². The summed E-state index contributed by atoms with van der Waals surface area (Å²) in [5.74, 6) is 0. The van der Waals surface area contributed by atoms with Crippen molar-refractivity contribution in [2.75, 3.05) is 5.32 Å². The number of halogens is 1. The van der Waals surface area contributed by atoms with Gasteiger partial charge in [0.15, 0.2) is 0 Å². The fourth-order valence-electron chi connectivity index (χ4n) is 2.09. The third-order valence-corrected chi connectivity index (χ3v) is 4.46. The molecule has 2 nitrogen and oxygen atoms in total. The van der Waals surface area contributed by atoms with E-state index >= 15 is 0 Å². The molecule has 0 aliphatic rings. The topological polar surface area (TPSA) is 24.9 Å². The van der Waals surface area contributed by atoms with E-state index in [1.165, 1.54) is 4.88 Å². The first-order chi connectivity index (χ1) is 9.24. The molecule has 2 heterocycles. The van der Waals surface area contributed by atoms with Crippen molar-refractivity contribution >= 4 is 39.5 Å². The van der Waals surface area contributed by atoms with Gasteiger partial charge in [0.05, 0.1) is 15.9 Å². The predicted octanol–water partition coefficient (Wildman–Crippen LogP) is 5.12. The van der Waals surface area contributed by atoms with Gasteiger partial charge in [0.25, 0.3) is 0 Å². The zero-order valence-electron chi connectivity index (χ0n) is 10.4. The summed E-state index contributed by atoms with van der Waals surface area (Å²) in [6.07, 6.45) is 1.83. The van der Waals surface area contributed by atoms with Gasteiger partial charge in [0, 0.05) is 22.1 Å². The number of nitrogens with zero attached hydrogens (tertiary/aromatic N) is 1. The number of aromatic nitrogens is 1. The molecule has 1 unspecified atom stereocenters. The molecule has 1 N–H and O–H groups in total. The number of benzene rings is 1. The lowest BCUT2D eigenvalue weighted by Crippen LogP contribution is -2.05. The highest BCUT2D eigenvalue weighted by molar-refractivity contribution is 7.16. The highest BCUT2D eigenvalue weighted by Crippen LogP contribution is 2.30. The molecule has 4 heteroatoms. The minimum absolute atomic E-state index is 0.225. The Morgan fingerprint density at radius 1 is 1.16 bits per heavy atom. The van der Waals surface area contributed by atoms with Crippen LogP contribution in [-0.2, 0) is 0 Å². The van der Waals surface area contributed by atoms with Crippen molar-refractivity contribution in [1.82, 2.24) is 4.98 Å². The zero-order chi connectivity index (χ0) is 13.2. The summed E-state index contributed by atoms with van der Waals surface area (Å²) in [6.45, 7) is 2.14. The van der Waals surface area contributed by atoms with Crippen LogP contribution in [0.25, 0.3) is 10.9 Å². The van der Waals surface area contributed by atoms with Crippen LogP contribution in [0.4, 0.5) is 5.69 Å². The Morgan fingerprint density at radius 2 is 2.00 bits per heavy atom. The first kappa shape index (κ1) is 12.5. The lowest BCUT2D eigenvalue weighted by Gasteiger charge is -2.15. The Hall–Kier alpha value is -1.58. The summed E-state index contributed by atoms with van der Waals surface area (Å²) in [5, 5.41) is 4.66. The molecular weight excluding hydrogens is 276 g/mol. The van der Waals surface area contributed by atoms with Crippen molar-refractivity contribution in [2.24, 2.45) is 0 Å². The molecule has 0 radical (unpaired) electrons. The van der Waals surface area contributed by atoms with Crippen LogP contribution < -0.4 is 5.32 Å². The summed E-state index contributed by atoms with van der Waals surface area (Å²) in [6, 6.07) is 14.4. The SMILES string of the molecule is CC(Nc1ccnc2ccccc12)c1ccc(Cl)s1. The predicted molar refractivity (Wildman–Crippen MR) is 83.1 cm³/mol. The highest BCUT2D eigenvalue weighted by Gasteiger charge is 2.09. The van der Waals surface area contributed by atoms with Crippen LogP contribution in [0.15, 0.2) is 48.7 Å². The molecule has 96 valence electrons. The number of hydrogen-bond donors (Lipinski definition) is 1. The summed E-state index contributed by atoms with van der Waals surface area (Å²) in [4.78, 5) is 5.60. The van der Waals surface area contributed by atoms with Gasteiger partial charge in [-0.1, -0.05) is 29.8 Å². The largest absolute Gasteiger partial charge is 0.377 e. The monoisotopic (exact) mass is 288 g/mol. The van der Waals surface area contributed by atoms with E-state index in [4.69, 9.17) is 11.6 Å². The van der Waals surface area contributed by atoms with Crippen molar-refractivity contribution in [3.63, 3.8) is 0 Å². The van der Waals surface area contributed by atoms with Crippen molar-refractivity contribution in [1.29, 1.82) is 0 Å². The minimum atomic E-state index is 0.225. The lowest BCUT2D eigenvalue weighted by atomic mass is 10.1. The van der Waals surface area contributed by atoms with Crippen LogP contribution in [0.1, 0.15) is 17.8 Å². The molecule has 0 saturated carbocycles. The second kappa shape index (κ2) is 5.19. The van der Waals surface area contributed by atoms with Gasteiger partial charge in [-0.3, -0.25) is 4.98 Å². The third-order valence-electron chi connectivity index (χ3n) is 3.04. The Balaban J connectivity index is 1.93. The van der Waals surface area contributed by atoms with E-state index in [2.05, 4.69) is 29.4 Å². The Labute approximate surface area is 121 Å². The molecule has 0 saturated heterocycles.